The number of imidazole rings is 1. The molecule has 1 saturated carbocycles. The van der Waals surface area contributed by atoms with Crippen molar-refractivity contribution in [2.75, 3.05) is 0 Å². The summed E-state index contributed by atoms with van der Waals surface area (Å²) in [7, 11) is 0. The number of aliphatic hydroxyl groups is 1. The molecule has 3 nitrogen and oxygen atoms in total. The Morgan fingerprint density at radius 1 is 1.46 bits per heavy atom. The number of rotatable bonds is 3. The molecule has 0 aromatic carbocycles. The molecule has 1 aliphatic carbocycles. The molecule has 1 heterocycles. The molecule has 0 bridgehead atoms. The zero-order valence-corrected chi connectivity index (χ0v) is 7.82. The normalized spacial score (nSPS) is 18.2. The Morgan fingerprint density at radius 3 is 2.92 bits per heavy atom. The Labute approximate surface area is 78.4 Å². The van der Waals surface area contributed by atoms with Crippen LogP contribution in [0.1, 0.15) is 31.4 Å². The molecule has 0 radical (unpaired) electrons. The Hall–Kier alpha value is -0.830. The Kier molecular flexibility index (Phi) is 2.64. The zero-order chi connectivity index (χ0) is 9.10. The van der Waals surface area contributed by atoms with E-state index in [1.807, 2.05) is 6.33 Å². The van der Waals surface area contributed by atoms with Crippen LogP contribution in [0.3, 0.4) is 0 Å². The summed E-state index contributed by atoms with van der Waals surface area (Å²) in [5, 5.41) is 9.02. The van der Waals surface area contributed by atoms with Crippen molar-refractivity contribution in [2.24, 2.45) is 5.92 Å². The van der Waals surface area contributed by atoms with Crippen LogP contribution in [0.4, 0.5) is 0 Å². The second-order valence-electron chi connectivity index (χ2n) is 3.85. The topological polar surface area (TPSA) is 38.1 Å². The second kappa shape index (κ2) is 3.92. The van der Waals surface area contributed by atoms with Crippen molar-refractivity contribution in [3.63, 3.8) is 0 Å². The molecule has 3 heteroatoms. The first-order valence-corrected chi connectivity index (χ1v) is 5.00. The van der Waals surface area contributed by atoms with Crippen LogP contribution in [0.15, 0.2) is 12.5 Å². The van der Waals surface area contributed by atoms with E-state index in [9.17, 15) is 0 Å². The molecule has 0 aliphatic heterocycles. The van der Waals surface area contributed by atoms with Crippen LogP contribution in [0, 0.1) is 5.92 Å². The molecule has 0 unspecified atom stereocenters. The van der Waals surface area contributed by atoms with Crippen molar-refractivity contribution < 1.29 is 5.11 Å². The van der Waals surface area contributed by atoms with Gasteiger partial charge in [0.15, 0.2) is 0 Å². The maximum absolute atomic E-state index is 9.02. The SMILES string of the molecule is OCc1cncn1CC1CCCC1. The molecule has 72 valence electrons. The van der Waals surface area contributed by atoms with Gasteiger partial charge in [-0.05, 0) is 18.8 Å². The molecule has 0 spiro atoms. The highest BCUT2D eigenvalue weighted by Gasteiger charge is 2.16. The minimum Gasteiger partial charge on any atom is -0.390 e. The van der Waals surface area contributed by atoms with Gasteiger partial charge in [0.2, 0.25) is 0 Å². The van der Waals surface area contributed by atoms with E-state index in [0.717, 1.165) is 18.2 Å². The number of hydrogen-bond acceptors (Lipinski definition) is 2. The number of nitrogens with zero attached hydrogens (tertiary/aromatic N) is 2. The van der Waals surface area contributed by atoms with Crippen LogP contribution < -0.4 is 0 Å². The zero-order valence-electron chi connectivity index (χ0n) is 7.82. The number of hydrogen-bond donors (Lipinski definition) is 1. The van der Waals surface area contributed by atoms with Gasteiger partial charge in [-0.25, -0.2) is 4.98 Å². The summed E-state index contributed by atoms with van der Waals surface area (Å²) in [4.78, 5) is 4.04. The van der Waals surface area contributed by atoms with Crippen LogP contribution in [-0.4, -0.2) is 14.7 Å². The largest absolute Gasteiger partial charge is 0.390 e. The summed E-state index contributed by atoms with van der Waals surface area (Å²) in [6, 6.07) is 0. The van der Waals surface area contributed by atoms with Crippen LogP contribution in [-0.2, 0) is 13.2 Å². The minimum atomic E-state index is 0.104. The molecule has 1 aromatic rings. The summed E-state index contributed by atoms with van der Waals surface area (Å²) < 4.78 is 2.08. The predicted octanol–water partition coefficient (Wildman–Crippen LogP) is 1.57. The lowest BCUT2D eigenvalue weighted by Gasteiger charge is -2.11. The summed E-state index contributed by atoms with van der Waals surface area (Å²) in [6.07, 6.45) is 8.98. The molecular formula is C10H16N2O. The van der Waals surface area contributed by atoms with Crippen LogP contribution in [0.2, 0.25) is 0 Å². The highest BCUT2D eigenvalue weighted by Crippen LogP contribution is 2.26. The lowest BCUT2D eigenvalue weighted by Crippen LogP contribution is -2.09. The van der Waals surface area contributed by atoms with Crippen molar-refractivity contribution >= 4 is 0 Å². The van der Waals surface area contributed by atoms with Crippen molar-refractivity contribution in [1.29, 1.82) is 0 Å². The molecular weight excluding hydrogens is 164 g/mol. The first-order chi connectivity index (χ1) is 6.40. The maximum atomic E-state index is 9.02. The van der Waals surface area contributed by atoms with Gasteiger partial charge in [0.25, 0.3) is 0 Å². The summed E-state index contributed by atoms with van der Waals surface area (Å²) in [6.45, 7) is 1.14. The molecule has 13 heavy (non-hydrogen) atoms. The van der Waals surface area contributed by atoms with E-state index in [2.05, 4.69) is 9.55 Å². The van der Waals surface area contributed by atoms with Gasteiger partial charge in [-0.15, -0.1) is 0 Å². The van der Waals surface area contributed by atoms with Gasteiger partial charge in [-0.3, -0.25) is 0 Å². The third-order valence-electron chi connectivity index (χ3n) is 2.89. The maximum Gasteiger partial charge on any atom is 0.0948 e. The molecule has 1 aliphatic rings. The quantitative estimate of drug-likeness (QED) is 0.766. The van der Waals surface area contributed by atoms with Crippen molar-refractivity contribution in [3.8, 4) is 0 Å². The molecule has 1 aromatic heterocycles. The van der Waals surface area contributed by atoms with E-state index in [1.54, 1.807) is 6.20 Å². The second-order valence-corrected chi connectivity index (χ2v) is 3.85. The van der Waals surface area contributed by atoms with E-state index in [-0.39, 0.29) is 6.61 Å². The first-order valence-electron chi connectivity index (χ1n) is 5.00. The molecule has 0 amide bonds. The van der Waals surface area contributed by atoms with Gasteiger partial charge in [-0.1, -0.05) is 12.8 Å². The lowest BCUT2D eigenvalue weighted by molar-refractivity contribution is 0.267. The van der Waals surface area contributed by atoms with Gasteiger partial charge in [0.05, 0.1) is 24.8 Å². The number of aromatic nitrogens is 2. The number of aliphatic hydroxyl groups excluding tert-OH is 1. The summed E-state index contributed by atoms with van der Waals surface area (Å²) in [5.41, 5.74) is 0.937. The molecule has 1 fully saturated rings. The van der Waals surface area contributed by atoms with Gasteiger partial charge in [-0.2, -0.15) is 0 Å². The van der Waals surface area contributed by atoms with E-state index in [1.165, 1.54) is 25.7 Å². The first kappa shape index (κ1) is 8.75. The minimum absolute atomic E-state index is 0.104. The summed E-state index contributed by atoms with van der Waals surface area (Å²) >= 11 is 0. The Balaban J connectivity index is 1.99. The highest BCUT2D eigenvalue weighted by molar-refractivity contribution is 4.96. The standard InChI is InChI=1S/C10H16N2O/c13-7-10-5-11-8-12(10)6-9-3-1-2-4-9/h5,8-9,13H,1-4,6-7H2. The van der Waals surface area contributed by atoms with Gasteiger partial charge >= 0.3 is 0 Å². The van der Waals surface area contributed by atoms with Crippen LogP contribution in [0.25, 0.3) is 0 Å². The van der Waals surface area contributed by atoms with Crippen LogP contribution in [0.5, 0.6) is 0 Å². The average Bonchev–Trinajstić information content (AvgIpc) is 2.76. The van der Waals surface area contributed by atoms with Gasteiger partial charge in [0.1, 0.15) is 0 Å². The van der Waals surface area contributed by atoms with Crippen molar-refractivity contribution in [3.05, 3.63) is 18.2 Å². The average molecular weight is 180 g/mol. The third kappa shape index (κ3) is 1.91. The van der Waals surface area contributed by atoms with Crippen LogP contribution >= 0.6 is 0 Å². The van der Waals surface area contributed by atoms with Crippen molar-refractivity contribution in [2.45, 2.75) is 38.8 Å². The molecule has 1 N–H and O–H groups in total. The predicted molar refractivity (Wildman–Crippen MR) is 50.1 cm³/mol. The summed E-state index contributed by atoms with van der Waals surface area (Å²) in [5.74, 6) is 0.805. The van der Waals surface area contributed by atoms with E-state index >= 15 is 0 Å². The Bertz CT molecular complexity index is 264. The van der Waals surface area contributed by atoms with Gasteiger partial charge < -0.3 is 9.67 Å². The fourth-order valence-electron chi connectivity index (χ4n) is 2.12. The lowest BCUT2D eigenvalue weighted by atomic mass is 10.1. The smallest absolute Gasteiger partial charge is 0.0948 e. The van der Waals surface area contributed by atoms with Crippen molar-refractivity contribution in [1.82, 2.24) is 9.55 Å². The molecule has 2 rings (SSSR count). The monoisotopic (exact) mass is 180 g/mol. The fourth-order valence-corrected chi connectivity index (χ4v) is 2.12. The van der Waals surface area contributed by atoms with E-state index in [4.69, 9.17) is 5.11 Å². The van der Waals surface area contributed by atoms with Gasteiger partial charge in [0, 0.05) is 6.54 Å². The molecule has 0 atom stereocenters. The molecule has 0 saturated heterocycles. The highest BCUT2D eigenvalue weighted by atomic mass is 16.3. The van der Waals surface area contributed by atoms with E-state index in [0.29, 0.717) is 0 Å². The van der Waals surface area contributed by atoms with E-state index < -0.39 is 0 Å². The fraction of sp³-hybridized carbons (Fsp3) is 0.700. The Morgan fingerprint density at radius 2 is 2.23 bits per heavy atom. The third-order valence-corrected chi connectivity index (χ3v) is 2.89.